The van der Waals surface area contributed by atoms with E-state index in [0.29, 0.717) is 5.92 Å². The van der Waals surface area contributed by atoms with E-state index in [1.807, 2.05) is 34.5 Å². The van der Waals surface area contributed by atoms with Crippen LogP contribution in [-0.4, -0.2) is 38.8 Å². The summed E-state index contributed by atoms with van der Waals surface area (Å²) >= 11 is 0. The second-order valence-electron chi connectivity index (χ2n) is 7.25. The Kier molecular flexibility index (Phi) is 2.86. The SMILES string of the molecule is Cn1c2ccc(O)cc2c2c(=O)n(C3CN4CCC3CC4)ccc21. The lowest BCUT2D eigenvalue weighted by atomic mass is 9.84. The topological polar surface area (TPSA) is 50.4 Å². The molecule has 0 aliphatic carbocycles. The molecular weight excluding hydrogens is 302 g/mol. The Morgan fingerprint density at radius 3 is 2.62 bits per heavy atom. The number of fused-ring (bicyclic) bond motifs is 6. The zero-order valence-electron chi connectivity index (χ0n) is 13.8. The summed E-state index contributed by atoms with van der Waals surface area (Å²) in [4.78, 5) is 15.8. The van der Waals surface area contributed by atoms with Gasteiger partial charge in [0.15, 0.2) is 0 Å². The van der Waals surface area contributed by atoms with Gasteiger partial charge in [-0.2, -0.15) is 0 Å². The van der Waals surface area contributed by atoms with E-state index in [1.54, 1.807) is 12.1 Å². The van der Waals surface area contributed by atoms with Crippen molar-refractivity contribution in [2.45, 2.75) is 18.9 Å². The van der Waals surface area contributed by atoms with Crippen LogP contribution in [0.25, 0.3) is 21.8 Å². The quantitative estimate of drug-likeness (QED) is 0.748. The molecule has 0 saturated carbocycles. The summed E-state index contributed by atoms with van der Waals surface area (Å²) in [6.07, 6.45) is 4.34. The number of rotatable bonds is 1. The number of benzene rings is 1. The summed E-state index contributed by atoms with van der Waals surface area (Å²) in [6, 6.07) is 7.58. The molecule has 5 heteroatoms. The van der Waals surface area contributed by atoms with Gasteiger partial charge >= 0.3 is 0 Å². The Morgan fingerprint density at radius 2 is 1.92 bits per heavy atom. The maximum atomic E-state index is 13.3. The van der Waals surface area contributed by atoms with Gasteiger partial charge in [-0.1, -0.05) is 0 Å². The second-order valence-corrected chi connectivity index (χ2v) is 7.25. The number of phenols is 1. The van der Waals surface area contributed by atoms with Gasteiger partial charge in [-0.05, 0) is 56.1 Å². The predicted octanol–water partition coefficient (Wildman–Crippen LogP) is 2.47. The van der Waals surface area contributed by atoms with Gasteiger partial charge in [0.05, 0.1) is 16.9 Å². The molecule has 6 rings (SSSR count). The van der Waals surface area contributed by atoms with Crippen molar-refractivity contribution < 1.29 is 5.11 Å². The maximum absolute atomic E-state index is 13.3. The molecule has 2 aromatic heterocycles. The summed E-state index contributed by atoms with van der Waals surface area (Å²) in [7, 11) is 1.97. The second kappa shape index (κ2) is 4.86. The van der Waals surface area contributed by atoms with Crippen LogP contribution in [0.4, 0.5) is 0 Å². The molecule has 1 aromatic carbocycles. The van der Waals surface area contributed by atoms with E-state index in [0.717, 1.165) is 28.4 Å². The monoisotopic (exact) mass is 323 g/mol. The highest BCUT2D eigenvalue weighted by molar-refractivity contribution is 6.07. The summed E-state index contributed by atoms with van der Waals surface area (Å²) in [6.45, 7) is 3.31. The highest BCUT2D eigenvalue weighted by Gasteiger charge is 2.35. The van der Waals surface area contributed by atoms with Gasteiger partial charge in [0.2, 0.25) is 0 Å². The first kappa shape index (κ1) is 14.1. The van der Waals surface area contributed by atoms with Gasteiger partial charge in [-0.3, -0.25) is 4.79 Å². The van der Waals surface area contributed by atoms with Crippen molar-refractivity contribution in [3.8, 4) is 5.75 Å². The molecule has 3 fully saturated rings. The number of hydrogen-bond acceptors (Lipinski definition) is 3. The minimum Gasteiger partial charge on any atom is -0.508 e. The third-order valence-corrected chi connectivity index (χ3v) is 6.05. The van der Waals surface area contributed by atoms with Gasteiger partial charge in [0.1, 0.15) is 5.75 Å². The minimum atomic E-state index is 0.0717. The molecule has 3 aliphatic heterocycles. The zero-order valence-corrected chi connectivity index (χ0v) is 13.8. The molecule has 0 spiro atoms. The van der Waals surface area contributed by atoms with Gasteiger partial charge in [0, 0.05) is 30.7 Å². The minimum absolute atomic E-state index is 0.0717. The summed E-state index contributed by atoms with van der Waals surface area (Å²) < 4.78 is 3.98. The molecule has 5 heterocycles. The van der Waals surface area contributed by atoms with Crippen LogP contribution in [0.3, 0.4) is 0 Å². The average molecular weight is 323 g/mol. The molecule has 3 aliphatic rings. The van der Waals surface area contributed by atoms with Crippen molar-refractivity contribution in [1.29, 1.82) is 0 Å². The van der Waals surface area contributed by atoms with Crippen molar-refractivity contribution in [3.63, 3.8) is 0 Å². The van der Waals surface area contributed by atoms with Crippen LogP contribution in [0.2, 0.25) is 0 Å². The van der Waals surface area contributed by atoms with Crippen LogP contribution in [0, 0.1) is 5.92 Å². The first-order valence-electron chi connectivity index (χ1n) is 8.68. The molecule has 2 bridgehead atoms. The van der Waals surface area contributed by atoms with Crippen molar-refractivity contribution in [3.05, 3.63) is 40.8 Å². The fraction of sp³-hybridized carbons (Fsp3) is 0.421. The smallest absolute Gasteiger partial charge is 0.260 e. The molecule has 5 nitrogen and oxygen atoms in total. The fourth-order valence-corrected chi connectivity index (χ4v) is 4.73. The molecule has 1 N–H and O–H groups in total. The van der Waals surface area contributed by atoms with Crippen LogP contribution in [-0.2, 0) is 7.05 Å². The first-order chi connectivity index (χ1) is 11.6. The number of piperidine rings is 3. The lowest BCUT2D eigenvalue weighted by Gasteiger charge is -2.45. The van der Waals surface area contributed by atoms with Gasteiger partial charge in [-0.15, -0.1) is 0 Å². The van der Waals surface area contributed by atoms with Crippen molar-refractivity contribution in [2.24, 2.45) is 13.0 Å². The largest absolute Gasteiger partial charge is 0.508 e. The van der Waals surface area contributed by atoms with Crippen molar-refractivity contribution >= 4 is 21.8 Å². The number of phenolic OH excluding ortho intramolecular Hbond substituents is 1. The fourth-order valence-electron chi connectivity index (χ4n) is 4.73. The zero-order chi connectivity index (χ0) is 16.4. The van der Waals surface area contributed by atoms with E-state index in [-0.39, 0.29) is 17.4 Å². The van der Waals surface area contributed by atoms with Crippen LogP contribution in [0.15, 0.2) is 35.3 Å². The summed E-state index contributed by atoms with van der Waals surface area (Å²) in [5, 5.41) is 11.4. The number of aromatic hydroxyl groups is 1. The normalized spacial score (nSPS) is 26.5. The highest BCUT2D eigenvalue weighted by Crippen LogP contribution is 2.36. The lowest BCUT2D eigenvalue weighted by molar-refractivity contribution is 0.0556. The first-order valence-corrected chi connectivity index (χ1v) is 8.68. The standard InChI is InChI=1S/C19H21N3O2/c1-20-15-3-2-13(23)10-14(15)18-16(20)6-9-22(19(18)24)17-11-21-7-4-12(17)5-8-21/h2-3,6,9-10,12,17,23H,4-5,7-8,11H2,1H3. The number of nitrogens with zero attached hydrogens (tertiary/aromatic N) is 3. The summed E-state index contributed by atoms with van der Waals surface area (Å²) in [5.41, 5.74) is 1.98. The Balaban J connectivity index is 1.77. The molecule has 0 amide bonds. The van der Waals surface area contributed by atoms with Gasteiger partial charge in [0.25, 0.3) is 5.56 Å². The van der Waals surface area contributed by atoms with Crippen LogP contribution in [0.1, 0.15) is 18.9 Å². The van der Waals surface area contributed by atoms with Crippen molar-refractivity contribution in [2.75, 3.05) is 19.6 Å². The van der Waals surface area contributed by atoms with Crippen LogP contribution < -0.4 is 5.56 Å². The number of pyridine rings is 1. The summed E-state index contributed by atoms with van der Waals surface area (Å²) in [5.74, 6) is 0.807. The van der Waals surface area contributed by atoms with Gasteiger partial charge < -0.3 is 19.1 Å². The molecule has 0 radical (unpaired) electrons. The molecule has 3 aromatic rings. The van der Waals surface area contributed by atoms with Crippen LogP contribution >= 0.6 is 0 Å². The Morgan fingerprint density at radius 1 is 1.12 bits per heavy atom. The lowest BCUT2D eigenvalue weighted by Crippen LogP contribution is -2.49. The maximum Gasteiger partial charge on any atom is 0.260 e. The van der Waals surface area contributed by atoms with E-state index < -0.39 is 0 Å². The van der Waals surface area contributed by atoms with Crippen molar-refractivity contribution in [1.82, 2.24) is 14.0 Å². The molecular formula is C19H21N3O2. The number of hydrogen-bond donors (Lipinski definition) is 1. The average Bonchev–Trinajstić information content (AvgIpc) is 2.89. The van der Waals surface area contributed by atoms with Gasteiger partial charge in [-0.25, -0.2) is 0 Å². The molecule has 1 atom stereocenters. The Bertz CT molecular complexity index is 1010. The highest BCUT2D eigenvalue weighted by atomic mass is 16.3. The molecule has 24 heavy (non-hydrogen) atoms. The van der Waals surface area contributed by atoms with E-state index in [9.17, 15) is 9.90 Å². The predicted molar refractivity (Wildman–Crippen MR) is 94.6 cm³/mol. The molecule has 124 valence electrons. The third-order valence-electron chi connectivity index (χ3n) is 6.05. The number of aromatic nitrogens is 2. The van der Waals surface area contributed by atoms with E-state index >= 15 is 0 Å². The third kappa shape index (κ3) is 1.82. The Labute approximate surface area is 139 Å². The number of aryl methyl sites for hydroxylation is 1. The van der Waals surface area contributed by atoms with Crippen LogP contribution in [0.5, 0.6) is 5.75 Å². The van der Waals surface area contributed by atoms with E-state index in [2.05, 4.69) is 4.90 Å². The molecule has 3 saturated heterocycles. The van der Waals surface area contributed by atoms with E-state index in [4.69, 9.17) is 0 Å². The molecule has 1 unspecified atom stereocenters. The Hall–Kier alpha value is -2.27. The van der Waals surface area contributed by atoms with E-state index in [1.165, 1.54) is 25.9 Å².